The van der Waals surface area contributed by atoms with Crippen molar-refractivity contribution in [1.29, 1.82) is 0 Å². The van der Waals surface area contributed by atoms with Crippen molar-refractivity contribution in [3.63, 3.8) is 0 Å². The van der Waals surface area contributed by atoms with Gasteiger partial charge in [-0.2, -0.15) is 0 Å². The third kappa shape index (κ3) is 7.04. The maximum absolute atomic E-state index is 13.0. The average molecular weight is 562 g/mol. The van der Waals surface area contributed by atoms with Crippen LogP contribution in [0, 0.1) is 0 Å². The summed E-state index contributed by atoms with van der Waals surface area (Å²) in [6, 6.07) is 13.2. The van der Waals surface area contributed by atoms with E-state index in [1.54, 1.807) is 92.8 Å². The van der Waals surface area contributed by atoms with E-state index in [2.05, 4.69) is 20.7 Å². The fourth-order valence-electron chi connectivity index (χ4n) is 3.95. The molecule has 41 heavy (non-hydrogen) atoms. The molecule has 0 saturated heterocycles. The molecule has 0 radical (unpaired) electrons. The predicted molar refractivity (Wildman–Crippen MR) is 152 cm³/mol. The molecule has 1 aromatic carbocycles. The van der Waals surface area contributed by atoms with Crippen LogP contribution in [0.15, 0.2) is 65.3 Å². The summed E-state index contributed by atoms with van der Waals surface area (Å²) in [6.45, 7) is 5.27. The van der Waals surface area contributed by atoms with Crippen LogP contribution in [-0.2, 0) is 23.6 Å². The number of hydrogen-bond donors (Lipinski definition) is 3. The molecule has 0 saturated carbocycles. The standard InChI is InChI=1S/C29H31N5O7/c1-29(2,3)41-28(38)32-20-14-22(34(5)16-20)26(36)31-19-13-21(33(4)15-19)25(35)30-18-9-7-17(8-10-18)23-11-12-24(40-23)27(37)39-6/h7-16H,1-6H3,(H,30,35)(H,31,36)(H,32,38). The van der Waals surface area contributed by atoms with Gasteiger partial charge in [-0.3, -0.25) is 14.9 Å². The van der Waals surface area contributed by atoms with Crippen LogP contribution in [0.3, 0.4) is 0 Å². The van der Waals surface area contributed by atoms with Gasteiger partial charge in [-0.25, -0.2) is 9.59 Å². The molecule has 0 aliphatic heterocycles. The van der Waals surface area contributed by atoms with E-state index in [1.807, 2.05) is 0 Å². The summed E-state index contributed by atoms with van der Waals surface area (Å²) in [4.78, 5) is 49.6. The first kappa shape index (κ1) is 28.7. The second kappa shape index (κ2) is 11.5. The summed E-state index contributed by atoms with van der Waals surface area (Å²) in [5.41, 5.74) is 2.03. The lowest BCUT2D eigenvalue weighted by Crippen LogP contribution is -2.27. The Morgan fingerprint density at radius 3 is 1.83 bits per heavy atom. The van der Waals surface area contributed by atoms with Crippen LogP contribution in [0.1, 0.15) is 52.3 Å². The lowest BCUT2D eigenvalue weighted by Gasteiger charge is -2.19. The molecule has 214 valence electrons. The molecule has 0 aliphatic carbocycles. The van der Waals surface area contributed by atoms with Crippen LogP contribution in [0.4, 0.5) is 21.9 Å². The Balaban J connectivity index is 1.39. The summed E-state index contributed by atoms with van der Waals surface area (Å²) in [5, 5.41) is 8.21. The number of amides is 3. The SMILES string of the molecule is COC(=O)c1ccc(-c2ccc(NC(=O)c3cc(NC(=O)c4cc(NC(=O)OC(C)(C)C)cn4C)cn3C)cc2)o1. The second-order valence-corrected chi connectivity index (χ2v) is 10.2. The Kier molecular flexibility index (Phi) is 8.03. The van der Waals surface area contributed by atoms with E-state index in [4.69, 9.17) is 9.15 Å². The van der Waals surface area contributed by atoms with Crippen LogP contribution in [0.25, 0.3) is 11.3 Å². The third-order valence-electron chi connectivity index (χ3n) is 5.80. The van der Waals surface area contributed by atoms with Crippen LogP contribution in [0.2, 0.25) is 0 Å². The summed E-state index contributed by atoms with van der Waals surface area (Å²) in [7, 11) is 4.64. The van der Waals surface area contributed by atoms with Crippen molar-refractivity contribution in [2.75, 3.05) is 23.1 Å². The number of nitrogens with one attached hydrogen (secondary N) is 3. The van der Waals surface area contributed by atoms with Crippen molar-refractivity contribution < 1.29 is 33.1 Å². The second-order valence-electron chi connectivity index (χ2n) is 10.2. The third-order valence-corrected chi connectivity index (χ3v) is 5.80. The maximum Gasteiger partial charge on any atom is 0.412 e. The number of aromatic nitrogens is 2. The van der Waals surface area contributed by atoms with Gasteiger partial charge in [0.1, 0.15) is 22.7 Å². The van der Waals surface area contributed by atoms with Crippen LogP contribution in [0.5, 0.6) is 0 Å². The Labute approximate surface area is 236 Å². The topological polar surface area (TPSA) is 146 Å². The molecule has 0 aliphatic rings. The summed E-state index contributed by atoms with van der Waals surface area (Å²) in [5.74, 6) is -0.795. The lowest BCUT2D eigenvalue weighted by atomic mass is 10.1. The molecule has 0 atom stereocenters. The highest BCUT2D eigenvalue weighted by Gasteiger charge is 2.20. The molecular formula is C29H31N5O7. The van der Waals surface area contributed by atoms with Gasteiger partial charge in [-0.15, -0.1) is 0 Å². The predicted octanol–water partition coefficient (Wildman–Crippen LogP) is 5.26. The molecule has 3 aromatic heterocycles. The summed E-state index contributed by atoms with van der Waals surface area (Å²) < 4.78 is 18.6. The van der Waals surface area contributed by atoms with Crippen molar-refractivity contribution in [3.05, 3.63) is 78.1 Å². The van der Waals surface area contributed by atoms with Crippen LogP contribution in [-0.4, -0.2) is 45.7 Å². The van der Waals surface area contributed by atoms with Crippen LogP contribution >= 0.6 is 0 Å². The number of nitrogens with zero attached hydrogens (tertiary/aromatic N) is 2. The quantitative estimate of drug-likeness (QED) is 0.261. The van der Waals surface area contributed by atoms with Crippen molar-refractivity contribution in [2.45, 2.75) is 26.4 Å². The molecule has 0 unspecified atom stereocenters. The molecule has 12 nitrogen and oxygen atoms in total. The van der Waals surface area contributed by atoms with Crippen LogP contribution < -0.4 is 16.0 Å². The van der Waals surface area contributed by atoms with Gasteiger partial charge in [-0.05, 0) is 69.3 Å². The number of carbonyl (C=O) groups is 4. The monoisotopic (exact) mass is 561 g/mol. The molecule has 4 aromatic rings. The summed E-state index contributed by atoms with van der Waals surface area (Å²) in [6.07, 6.45) is 2.59. The first-order valence-electron chi connectivity index (χ1n) is 12.6. The van der Waals surface area contributed by atoms with E-state index in [-0.39, 0.29) is 11.7 Å². The van der Waals surface area contributed by atoms with Gasteiger partial charge >= 0.3 is 12.1 Å². The number of benzene rings is 1. The summed E-state index contributed by atoms with van der Waals surface area (Å²) >= 11 is 0. The van der Waals surface area contributed by atoms with Crippen molar-refractivity contribution in [1.82, 2.24) is 9.13 Å². The fourth-order valence-corrected chi connectivity index (χ4v) is 3.95. The molecule has 3 amide bonds. The number of carbonyl (C=O) groups excluding carboxylic acids is 4. The number of methoxy groups -OCH3 is 1. The van der Waals surface area contributed by atoms with E-state index in [0.29, 0.717) is 39.8 Å². The molecule has 12 heteroatoms. The Hall–Kier alpha value is -5.26. The van der Waals surface area contributed by atoms with Gasteiger partial charge in [0.05, 0.1) is 18.5 Å². The number of anilines is 3. The minimum absolute atomic E-state index is 0.0940. The van der Waals surface area contributed by atoms with Gasteiger partial charge in [0, 0.05) is 37.7 Å². The zero-order chi connectivity index (χ0) is 29.9. The van der Waals surface area contributed by atoms with E-state index in [9.17, 15) is 19.2 Å². The smallest absolute Gasteiger partial charge is 0.412 e. The van der Waals surface area contributed by atoms with Crippen molar-refractivity contribution in [3.8, 4) is 11.3 Å². The molecule has 3 heterocycles. The maximum atomic E-state index is 13.0. The highest BCUT2D eigenvalue weighted by molar-refractivity contribution is 6.07. The first-order valence-corrected chi connectivity index (χ1v) is 12.6. The van der Waals surface area contributed by atoms with Gasteiger partial charge < -0.3 is 33.7 Å². The number of furan rings is 1. The normalized spacial score (nSPS) is 11.1. The zero-order valence-corrected chi connectivity index (χ0v) is 23.5. The molecule has 3 N–H and O–H groups in total. The Morgan fingerprint density at radius 2 is 1.29 bits per heavy atom. The highest BCUT2D eigenvalue weighted by Crippen LogP contribution is 2.25. The van der Waals surface area contributed by atoms with E-state index in [0.717, 1.165) is 0 Å². The number of rotatable bonds is 7. The van der Waals surface area contributed by atoms with Crippen molar-refractivity contribution in [2.24, 2.45) is 14.1 Å². The molecule has 4 rings (SSSR count). The molecule has 0 fully saturated rings. The largest absolute Gasteiger partial charge is 0.463 e. The fraction of sp³-hybridized carbons (Fsp3) is 0.241. The average Bonchev–Trinajstić information content (AvgIpc) is 3.61. The number of esters is 1. The minimum Gasteiger partial charge on any atom is -0.463 e. The van der Waals surface area contributed by atoms with E-state index >= 15 is 0 Å². The van der Waals surface area contributed by atoms with Gasteiger partial charge in [0.15, 0.2) is 0 Å². The van der Waals surface area contributed by atoms with E-state index in [1.165, 1.54) is 19.2 Å². The minimum atomic E-state index is -0.656. The van der Waals surface area contributed by atoms with E-state index < -0.39 is 23.6 Å². The molecule has 0 spiro atoms. The van der Waals surface area contributed by atoms with Gasteiger partial charge in [-0.1, -0.05) is 0 Å². The number of aryl methyl sites for hydroxylation is 2. The van der Waals surface area contributed by atoms with Gasteiger partial charge in [0.2, 0.25) is 5.76 Å². The van der Waals surface area contributed by atoms with Crippen molar-refractivity contribution >= 4 is 40.9 Å². The number of hydrogen-bond acceptors (Lipinski definition) is 7. The zero-order valence-electron chi connectivity index (χ0n) is 23.5. The Bertz CT molecular complexity index is 1600. The highest BCUT2D eigenvalue weighted by atomic mass is 16.6. The molecular weight excluding hydrogens is 530 g/mol. The molecule has 0 bridgehead atoms. The first-order chi connectivity index (χ1) is 19.3. The Morgan fingerprint density at radius 1 is 0.756 bits per heavy atom. The van der Waals surface area contributed by atoms with Gasteiger partial charge in [0.25, 0.3) is 11.8 Å². The number of ether oxygens (including phenoxy) is 2. The lowest BCUT2D eigenvalue weighted by molar-refractivity contribution is 0.0564.